The van der Waals surface area contributed by atoms with Crippen LogP contribution in [0, 0.1) is 19.7 Å². The van der Waals surface area contributed by atoms with E-state index in [9.17, 15) is 4.39 Å². The smallest absolute Gasteiger partial charge is 0.141 e. The van der Waals surface area contributed by atoms with E-state index in [-0.39, 0.29) is 5.82 Å². The number of halogens is 1. The summed E-state index contributed by atoms with van der Waals surface area (Å²) >= 11 is 0. The van der Waals surface area contributed by atoms with Gasteiger partial charge in [0.2, 0.25) is 0 Å². The van der Waals surface area contributed by atoms with Gasteiger partial charge in [0.15, 0.2) is 0 Å². The fraction of sp³-hybridized carbons (Fsp3) is 0.231. The third kappa shape index (κ3) is 2.47. The monoisotopic (exact) mass is 231 g/mol. The van der Waals surface area contributed by atoms with E-state index in [0.717, 1.165) is 23.1 Å². The van der Waals surface area contributed by atoms with Crippen LogP contribution in [0.3, 0.4) is 0 Å². The molecule has 2 rings (SSSR count). The molecule has 88 valence electrons. The highest BCUT2D eigenvalue weighted by Crippen LogP contribution is 2.21. The summed E-state index contributed by atoms with van der Waals surface area (Å²) in [5.74, 6) is -0.379. The van der Waals surface area contributed by atoms with Crippen LogP contribution in [0.15, 0.2) is 30.6 Å². The summed E-state index contributed by atoms with van der Waals surface area (Å²) in [6.07, 6.45) is 2.74. The quantitative estimate of drug-likeness (QED) is 0.862. The molecule has 17 heavy (non-hydrogen) atoms. The van der Waals surface area contributed by atoms with Gasteiger partial charge >= 0.3 is 0 Å². The highest BCUT2D eigenvalue weighted by atomic mass is 19.1. The van der Waals surface area contributed by atoms with Crippen LogP contribution in [-0.2, 0) is 0 Å². The maximum atomic E-state index is 13.1. The summed E-state index contributed by atoms with van der Waals surface area (Å²) in [6.45, 7) is 3.82. The first-order valence-electron chi connectivity index (χ1n) is 5.38. The average Bonchev–Trinajstić information content (AvgIpc) is 2.28. The van der Waals surface area contributed by atoms with Gasteiger partial charge in [-0.15, -0.1) is 0 Å². The largest absolute Gasteiger partial charge is 0.320 e. The fourth-order valence-corrected chi connectivity index (χ4v) is 1.80. The Bertz CT molecular complexity index is 540. The van der Waals surface area contributed by atoms with E-state index in [4.69, 9.17) is 5.73 Å². The molecule has 0 aliphatic heterocycles. The van der Waals surface area contributed by atoms with Gasteiger partial charge in [-0.05, 0) is 37.1 Å². The summed E-state index contributed by atoms with van der Waals surface area (Å²) in [7, 11) is 0. The topological polar surface area (TPSA) is 51.8 Å². The summed E-state index contributed by atoms with van der Waals surface area (Å²) in [5.41, 5.74) is 9.44. The Morgan fingerprint density at radius 2 is 2.00 bits per heavy atom. The Balaban J connectivity index is 2.40. The molecule has 0 saturated carbocycles. The number of nitrogens with zero attached hydrogens (tertiary/aromatic N) is 2. The second kappa shape index (κ2) is 4.59. The average molecular weight is 231 g/mol. The molecule has 0 bridgehead atoms. The Morgan fingerprint density at radius 1 is 1.24 bits per heavy atom. The van der Waals surface area contributed by atoms with Crippen molar-refractivity contribution in [3.8, 4) is 0 Å². The van der Waals surface area contributed by atoms with Gasteiger partial charge in [0.25, 0.3) is 0 Å². The first kappa shape index (κ1) is 11.7. The lowest BCUT2D eigenvalue weighted by atomic mass is 10.00. The Hall–Kier alpha value is -1.81. The Morgan fingerprint density at radius 3 is 2.65 bits per heavy atom. The summed E-state index contributed by atoms with van der Waals surface area (Å²) in [5, 5.41) is 0. The molecule has 0 aliphatic carbocycles. The molecule has 2 heterocycles. The predicted octanol–water partition coefficient (Wildman–Crippen LogP) is 2.28. The van der Waals surface area contributed by atoms with Gasteiger partial charge in [-0.3, -0.25) is 9.97 Å². The fourth-order valence-electron chi connectivity index (χ4n) is 1.80. The van der Waals surface area contributed by atoms with Crippen molar-refractivity contribution in [3.63, 3.8) is 0 Å². The number of aromatic nitrogens is 2. The molecule has 4 heteroatoms. The van der Waals surface area contributed by atoms with Crippen LogP contribution in [0.25, 0.3) is 0 Å². The zero-order valence-electron chi connectivity index (χ0n) is 9.81. The van der Waals surface area contributed by atoms with Gasteiger partial charge in [0, 0.05) is 17.6 Å². The van der Waals surface area contributed by atoms with E-state index in [2.05, 4.69) is 9.97 Å². The molecule has 1 unspecified atom stereocenters. The summed E-state index contributed by atoms with van der Waals surface area (Å²) < 4.78 is 13.1. The zero-order chi connectivity index (χ0) is 12.4. The first-order valence-corrected chi connectivity index (χ1v) is 5.38. The van der Waals surface area contributed by atoms with Gasteiger partial charge in [-0.1, -0.05) is 6.07 Å². The molecule has 1 atom stereocenters. The van der Waals surface area contributed by atoms with Crippen molar-refractivity contribution in [2.24, 2.45) is 5.73 Å². The number of nitrogens with two attached hydrogens (primary N) is 1. The maximum Gasteiger partial charge on any atom is 0.141 e. The van der Waals surface area contributed by atoms with E-state index < -0.39 is 6.04 Å². The maximum absolute atomic E-state index is 13.1. The molecular formula is C13H14FN3. The van der Waals surface area contributed by atoms with Crippen LogP contribution in [0.4, 0.5) is 4.39 Å². The number of rotatable bonds is 2. The standard InChI is InChI=1S/C13H14FN3/c1-8-3-4-12(9(2)17-8)13(15)10-5-11(14)7-16-6-10/h3-7,13H,15H2,1-2H3. The minimum absolute atomic E-state index is 0.379. The molecular weight excluding hydrogens is 217 g/mol. The van der Waals surface area contributed by atoms with E-state index >= 15 is 0 Å². The van der Waals surface area contributed by atoms with Crippen molar-refractivity contribution >= 4 is 0 Å². The van der Waals surface area contributed by atoms with Crippen molar-refractivity contribution in [2.75, 3.05) is 0 Å². The third-order valence-corrected chi connectivity index (χ3v) is 2.69. The lowest BCUT2D eigenvalue weighted by Gasteiger charge is -2.14. The SMILES string of the molecule is Cc1ccc(C(N)c2cncc(F)c2)c(C)n1. The van der Waals surface area contributed by atoms with Gasteiger partial charge in [-0.25, -0.2) is 4.39 Å². The predicted molar refractivity (Wildman–Crippen MR) is 63.9 cm³/mol. The number of pyridine rings is 2. The van der Waals surface area contributed by atoms with E-state index in [0.29, 0.717) is 5.56 Å². The summed E-state index contributed by atoms with van der Waals surface area (Å²) in [4.78, 5) is 8.15. The normalized spacial score (nSPS) is 12.5. The van der Waals surface area contributed by atoms with Gasteiger partial charge in [0.05, 0.1) is 12.2 Å². The minimum atomic E-state index is -0.397. The number of aryl methyl sites for hydroxylation is 2. The molecule has 3 nitrogen and oxygen atoms in total. The van der Waals surface area contributed by atoms with Gasteiger partial charge in [0.1, 0.15) is 5.82 Å². The highest BCUT2D eigenvalue weighted by molar-refractivity contribution is 5.33. The van der Waals surface area contributed by atoms with Gasteiger partial charge in [-0.2, -0.15) is 0 Å². The lowest BCUT2D eigenvalue weighted by Crippen LogP contribution is -2.14. The van der Waals surface area contributed by atoms with Crippen LogP contribution in [0.1, 0.15) is 28.6 Å². The molecule has 0 fully saturated rings. The van der Waals surface area contributed by atoms with Crippen LogP contribution in [0.2, 0.25) is 0 Å². The minimum Gasteiger partial charge on any atom is -0.320 e. The molecule has 2 aromatic heterocycles. The molecule has 2 N–H and O–H groups in total. The van der Waals surface area contributed by atoms with Crippen molar-refractivity contribution in [1.82, 2.24) is 9.97 Å². The second-order valence-electron chi connectivity index (χ2n) is 4.04. The number of hydrogen-bond acceptors (Lipinski definition) is 3. The van der Waals surface area contributed by atoms with Crippen LogP contribution >= 0.6 is 0 Å². The molecule has 0 aromatic carbocycles. The molecule has 0 amide bonds. The second-order valence-corrected chi connectivity index (χ2v) is 4.04. The van der Waals surface area contributed by atoms with E-state index in [1.165, 1.54) is 6.07 Å². The Labute approximate surface area is 99.5 Å². The van der Waals surface area contributed by atoms with E-state index in [1.807, 2.05) is 26.0 Å². The first-order chi connectivity index (χ1) is 8.08. The summed E-state index contributed by atoms with van der Waals surface area (Å²) in [6, 6.07) is 4.82. The van der Waals surface area contributed by atoms with Crippen molar-refractivity contribution in [2.45, 2.75) is 19.9 Å². The van der Waals surface area contributed by atoms with Gasteiger partial charge < -0.3 is 5.73 Å². The van der Waals surface area contributed by atoms with E-state index in [1.54, 1.807) is 6.20 Å². The lowest BCUT2D eigenvalue weighted by molar-refractivity contribution is 0.616. The Kier molecular flexibility index (Phi) is 3.15. The van der Waals surface area contributed by atoms with Crippen molar-refractivity contribution in [1.29, 1.82) is 0 Å². The molecule has 0 saturated heterocycles. The van der Waals surface area contributed by atoms with Crippen LogP contribution in [0.5, 0.6) is 0 Å². The van der Waals surface area contributed by atoms with Crippen molar-refractivity contribution < 1.29 is 4.39 Å². The molecule has 0 aliphatic rings. The van der Waals surface area contributed by atoms with Crippen LogP contribution in [-0.4, -0.2) is 9.97 Å². The molecule has 0 radical (unpaired) electrons. The molecule has 0 spiro atoms. The third-order valence-electron chi connectivity index (χ3n) is 2.69. The number of hydrogen-bond donors (Lipinski definition) is 1. The van der Waals surface area contributed by atoms with Crippen LogP contribution < -0.4 is 5.73 Å². The van der Waals surface area contributed by atoms with Crippen molar-refractivity contribution in [3.05, 3.63) is 58.9 Å². The zero-order valence-corrected chi connectivity index (χ0v) is 9.81. The molecule has 2 aromatic rings. The highest BCUT2D eigenvalue weighted by Gasteiger charge is 2.13.